The fourth-order valence-electron chi connectivity index (χ4n) is 2.36. The van der Waals surface area contributed by atoms with Crippen LogP contribution in [0.25, 0.3) is 0 Å². The van der Waals surface area contributed by atoms with Gasteiger partial charge in [0.15, 0.2) is 0 Å². The van der Waals surface area contributed by atoms with Crippen molar-refractivity contribution in [1.29, 1.82) is 0 Å². The second-order valence-electron chi connectivity index (χ2n) is 5.84. The van der Waals surface area contributed by atoms with Crippen molar-refractivity contribution in [2.24, 2.45) is 0 Å². The molecule has 4 heteroatoms. The Balaban J connectivity index is 1.93. The number of ether oxygens (including phenoxy) is 1. The quantitative estimate of drug-likeness (QED) is 0.909. The zero-order valence-electron chi connectivity index (χ0n) is 12.6. The number of rotatable bonds is 4. The van der Waals surface area contributed by atoms with Gasteiger partial charge in [-0.2, -0.15) is 0 Å². The van der Waals surface area contributed by atoms with Crippen molar-refractivity contribution < 1.29 is 9.53 Å². The van der Waals surface area contributed by atoms with Crippen LogP contribution in [-0.4, -0.2) is 43.7 Å². The second-order valence-corrected chi connectivity index (χ2v) is 5.84. The molecule has 0 spiro atoms. The largest absolute Gasteiger partial charge is 0.378 e. The van der Waals surface area contributed by atoms with E-state index < -0.39 is 0 Å². The number of benzene rings is 1. The summed E-state index contributed by atoms with van der Waals surface area (Å²) >= 11 is 0. The lowest BCUT2D eigenvalue weighted by molar-refractivity contribution is -0.134. The number of hydrogen-bond donors (Lipinski definition) is 1. The van der Waals surface area contributed by atoms with Crippen LogP contribution in [0.5, 0.6) is 0 Å². The van der Waals surface area contributed by atoms with Crippen LogP contribution in [-0.2, 0) is 15.1 Å². The van der Waals surface area contributed by atoms with E-state index in [1.54, 1.807) is 0 Å². The number of nitrogens with zero attached hydrogens (tertiary/aromatic N) is 1. The van der Waals surface area contributed by atoms with Crippen molar-refractivity contribution in [3.8, 4) is 0 Å². The normalized spacial score (nSPS) is 16.2. The molecule has 1 aliphatic rings. The third-order valence-corrected chi connectivity index (χ3v) is 3.79. The average Bonchev–Trinajstić information content (AvgIpc) is 2.46. The van der Waals surface area contributed by atoms with E-state index >= 15 is 0 Å². The number of amides is 1. The molecule has 0 unspecified atom stereocenters. The maximum Gasteiger partial charge on any atom is 0.236 e. The van der Waals surface area contributed by atoms with Gasteiger partial charge in [-0.25, -0.2) is 0 Å². The molecule has 1 aromatic rings. The van der Waals surface area contributed by atoms with Crippen LogP contribution in [0.2, 0.25) is 0 Å². The minimum absolute atomic E-state index is 0.147. The highest BCUT2D eigenvalue weighted by Crippen LogP contribution is 2.20. The van der Waals surface area contributed by atoms with E-state index in [-0.39, 0.29) is 11.4 Å². The SMILES string of the molecule is Cc1cccc(C(C)(C)NCC(=O)N2CCOCC2)c1. The van der Waals surface area contributed by atoms with Crippen LogP contribution in [0.1, 0.15) is 25.0 Å². The number of carbonyl (C=O) groups excluding carboxylic acids is 1. The first-order valence-electron chi connectivity index (χ1n) is 7.17. The summed E-state index contributed by atoms with van der Waals surface area (Å²) in [7, 11) is 0. The first-order chi connectivity index (χ1) is 9.49. The maximum atomic E-state index is 12.2. The van der Waals surface area contributed by atoms with E-state index in [9.17, 15) is 4.79 Å². The summed E-state index contributed by atoms with van der Waals surface area (Å²) in [5, 5.41) is 3.37. The monoisotopic (exact) mass is 276 g/mol. The molecule has 1 saturated heterocycles. The Morgan fingerprint density at radius 3 is 2.70 bits per heavy atom. The minimum Gasteiger partial charge on any atom is -0.378 e. The lowest BCUT2D eigenvalue weighted by Gasteiger charge is -2.31. The Morgan fingerprint density at radius 2 is 2.05 bits per heavy atom. The zero-order valence-corrected chi connectivity index (χ0v) is 12.6. The molecule has 20 heavy (non-hydrogen) atoms. The van der Waals surface area contributed by atoms with Crippen LogP contribution in [0, 0.1) is 6.92 Å². The summed E-state index contributed by atoms with van der Waals surface area (Å²) in [4.78, 5) is 14.0. The molecule has 1 amide bonds. The summed E-state index contributed by atoms with van der Waals surface area (Å²) < 4.78 is 5.26. The van der Waals surface area contributed by atoms with Crippen molar-refractivity contribution in [3.63, 3.8) is 0 Å². The van der Waals surface area contributed by atoms with E-state index in [1.165, 1.54) is 11.1 Å². The van der Waals surface area contributed by atoms with Gasteiger partial charge in [-0.05, 0) is 26.3 Å². The molecular formula is C16H24N2O2. The average molecular weight is 276 g/mol. The van der Waals surface area contributed by atoms with E-state index in [0.29, 0.717) is 32.8 Å². The maximum absolute atomic E-state index is 12.2. The van der Waals surface area contributed by atoms with Gasteiger partial charge in [0.2, 0.25) is 5.91 Å². The van der Waals surface area contributed by atoms with Crippen molar-refractivity contribution in [2.75, 3.05) is 32.8 Å². The number of hydrogen-bond acceptors (Lipinski definition) is 3. The lowest BCUT2D eigenvalue weighted by atomic mass is 9.93. The van der Waals surface area contributed by atoms with Crippen molar-refractivity contribution in [3.05, 3.63) is 35.4 Å². The molecule has 1 heterocycles. The highest BCUT2D eigenvalue weighted by molar-refractivity contribution is 5.78. The molecule has 2 rings (SSSR count). The Kier molecular flexibility index (Phi) is 4.78. The molecule has 1 fully saturated rings. The Labute approximate surface area is 121 Å². The number of nitrogens with one attached hydrogen (secondary N) is 1. The van der Waals surface area contributed by atoms with Crippen LogP contribution >= 0.6 is 0 Å². The Hall–Kier alpha value is -1.39. The van der Waals surface area contributed by atoms with Crippen molar-refractivity contribution in [2.45, 2.75) is 26.3 Å². The number of morpholine rings is 1. The summed E-state index contributed by atoms with van der Waals surface area (Å²) in [5.74, 6) is 0.147. The van der Waals surface area contributed by atoms with E-state index in [2.05, 4.69) is 50.4 Å². The predicted octanol–water partition coefficient (Wildman–Crippen LogP) is 1.68. The van der Waals surface area contributed by atoms with Crippen LogP contribution < -0.4 is 5.32 Å². The van der Waals surface area contributed by atoms with Crippen molar-refractivity contribution in [1.82, 2.24) is 10.2 Å². The van der Waals surface area contributed by atoms with Gasteiger partial charge in [0.25, 0.3) is 0 Å². The van der Waals surface area contributed by atoms with Gasteiger partial charge in [-0.15, -0.1) is 0 Å². The first-order valence-corrected chi connectivity index (χ1v) is 7.17. The van der Waals surface area contributed by atoms with Crippen LogP contribution in [0.15, 0.2) is 24.3 Å². The van der Waals surface area contributed by atoms with Gasteiger partial charge in [0.05, 0.1) is 19.8 Å². The standard InChI is InChI=1S/C16H24N2O2/c1-13-5-4-6-14(11-13)16(2,3)17-12-15(19)18-7-9-20-10-8-18/h4-6,11,17H,7-10,12H2,1-3H3. The summed E-state index contributed by atoms with van der Waals surface area (Å²) in [5.41, 5.74) is 2.22. The molecule has 0 atom stereocenters. The Morgan fingerprint density at radius 1 is 1.35 bits per heavy atom. The smallest absolute Gasteiger partial charge is 0.236 e. The molecule has 110 valence electrons. The molecule has 0 aliphatic carbocycles. The van der Waals surface area contributed by atoms with E-state index in [4.69, 9.17) is 4.74 Å². The van der Waals surface area contributed by atoms with Gasteiger partial charge in [0, 0.05) is 18.6 Å². The molecule has 0 bridgehead atoms. The summed E-state index contributed by atoms with van der Waals surface area (Å²) in [6.45, 7) is 9.35. The minimum atomic E-state index is -0.214. The molecule has 0 saturated carbocycles. The molecule has 1 N–H and O–H groups in total. The fraction of sp³-hybridized carbons (Fsp3) is 0.562. The number of carbonyl (C=O) groups is 1. The Bertz CT molecular complexity index is 465. The summed E-state index contributed by atoms with van der Waals surface area (Å²) in [6.07, 6.45) is 0. The van der Waals surface area contributed by atoms with Gasteiger partial charge in [-0.1, -0.05) is 29.8 Å². The predicted molar refractivity (Wildman–Crippen MR) is 79.6 cm³/mol. The molecule has 4 nitrogen and oxygen atoms in total. The molecular weight excluding hydrogens is 252 g/mol. The van der Waals surface area contributed by atoms with Crippen LogP contribution in [0.4, 0.5) is 0 Å². The molecule has 0 aromatic heterocycles. The third kappa shape index (κ3) is 3.81. The van der Waals surface area contributed by atoms with Gasteiger partial charge < -0.3 is 9.64 Å². The molecule has 0 radical (unpaired) electrons. The molecule has 1 aliphatic heterocycles. The van der Waals surface area contributed by atoms with Gasteiger partial charge in [-0.3, -0.25) is 10.1 Å². The summed E-state index contributed by atoms with van der Waals surface area (Å²) in [6, 6.07) is 8.39. The van der Waals surface area contributed by atoms with Gasteiger partial charge >= 0.3 is 0 Å². The highest BCUT2D eigenvalue weighted by atomic mass is 16.5. The molecule has 1 aromatic carbocycles. The second kappa shape index (κ2) is 6.37. The third-order valence-electron chi connectivity index (χ3n) is 3.79. The lowest BCUT2D eigenvalue weighted by Crippen LogP contribution is -2.48. The van der Waals surface area contributed by atoms with E-state index in [0.717, 1.165) is 0 Å². The van der Waals surface area contributed by atoms with Crippen LogP contribution in [0.3, 0.4) is 0 Å². The topological polar surface area (TPSA) is 41.6 Å². The van der Waals surface area contributed by atoms with E-state index in [1.807, 2.05) is 4.90 Å². The van der Waals surface area contributed by atoms with Gasteiger partial charge in [0.1, 0.15) is 0 Å². The zero-order chi connectivity index (χ0) is 14.6. The fourth-order valence-corrected chi connectivity index (χ4v) is 2.36. The highest BCUT2D eigenvalue weighted by Gasteiger charge is 2.23. The van der Waals surface area contributed by atoms with Crippen molar-refractivity contribution >= 4 is 5.91 Å². The number of aryl methyl sites for hydroxylation is 1. The first kappa shape index (κ1) is 15.0.